The fourth-order valence-corrected chi connectivity index (χ4v) is 6.83. The number of nitrogens with zero attached hydrogens (tertiary/aromatic N) is 4. The smallest absolute Gasteiger partial charge is 0.246 e. The average Bonchev–Trinajstić information content (AvgIpc) is 2.84. The topological polar surface area (TPSA) is 86.6 Å². The zero-order chi connectivity index (χ0) is 23.7. The van der Waals surface area contributed by atoms with Crippen molar-refractivity contribution in [1.82, 2.24) is 19.2 Å². The van der Waals surface area contributed by atoms with E-state index in [9.17, 15) is 17.9 Å². The van der Waals surface area contributed by atoms with Gasteiger partial charge in [0.25, 0.3) is 0 Å². The summed E-state index contributed by atoms with van der Waals surface area (Å²) in [6.45, 7) is 1.41. The van der Waals surface area contributed by atoms with E-state index in [0.717, 1.165) is 29.7 Å². The maximum atomic E-state index is 14.4. The Labute approximate surface area is 198 Å². The second kappa shape index (κ2) is 9.50. The lowest BCUT2D eigenvalue weighted by atomic mass is 9.74. The number of aliphatic hydroxyl groups excluding tert-OH is 1. The summed E-state index contributed by atoms with van der Waals surface area (Å²) in [4.78, 5) is 10.0. The van der Waals surface area contributed by atoms with Crippen LogP contribution >= 0.6 is 0 Å². The summed E-state index contributed by atoms with van der Waals surface area (Å²) in [5.41, 5.74) is 2.95. The third-order valence-corrected chi connectivity index (χ3v) is 8.87. The molecule has 1 N–H and O–H groups in total. The summed E-state index contributed by atoms with van der Waals surface area (Å²) in [6.07, 6.45) is 6.50. The highest BCUT2D eigenvalue weighted by Crippen LogP contribution is 2.43. The summed E-state index contributed by atoms with van der Waals surface area (Å²) in [5.74, 6) is -0.761. The number of rotatable bonds is 5. The van der Waals surface area contributed by atoms with E-state index in [-0.39, 0.29) is 36.0 Å². The molecule has 0 saturated carbocycles. The Hall–Kier alpha value is -2.72. The quantitative estimate of drug-likeness (QED) is 0.602. The van der Waals surface area contributed by atoms with Crippen LogP contribution in [-0.2, 0) is 10.0 Å². The van der Waals surface area contributed by atoms with Crippen LogP contribution in [0.4, 0.5) is 4.39 Å². The van der Waals surface area contributed by atoms with E-state index in [4.69, 9.17) is 0 Å². The van der Waals surface area contributed by atoms with E-state index in [1.54, 1.807) is 18.5 Å². The van der Waals surface area contributed by atoms with Crippen molar-refractivity contribution < 1.29 is 17.9 Å². The van der Waals surface area contributed by atoms with Crippen molar-refractivity contribution in [3.8, 4) is 11.1 Å². The van der Waals surface area contributed by atoms with Crippen LogP contribution in [-0.4, -0.2) is 71.0 Å². The average molecular weight is 483 g/mol. The lowest BCUT2D eigenvalue weighted by Gasteiger charge is -2.57. The molecule has 2 saturated heterocycles. The Morgan fingerprint density at radius 1 is 0.971 bits per heavy atom. The summed E-state index contributed by atoms with van der Waals surface area (Å²) < 4.78 is 42.5. The van der Waals surface area contributed by atoms with Gasteiger partial charge in [-0.3, -0.25) is 4.90 Å². The van der Waals surface area contributed by atoms with Crippen molar-refractivity contribution in [2.45, 2.75) is 35.7 Å². The molecule has 1 aromatic heterocycles. The SMILES string of the molecule is O=S(=O)(c1ccccc1F)N1CCCCN2[C@H](CO)[C@H](c3ccc(-c4cncnc4)cc3)[C@H]2C1. The predicted molar refractivity (Wildman–Crippen MR) is 126 cm³/mol. The van der Waals surface area contributed by atoms with E-state index in [1.807, 2.05) is 24.3 Å². The fourth-order valence-electron chi connectivity index (χ4n) is 5.27. The zero-order valence-corrected chi connectivity index (χ0v) is 19.5. The molecule has 178 valence electrons. The molecular formula is C25H27FN4O3S. The molecule has 9 heteroatoms. The Morgan fingerprint density at radius 2 is 1.68 bits per heavy atom. The second-order valence-corrected chi connectivity index (χ2v) is 10.7. The van der Waals surface area contributed by atoms with E-state index < -0.39 is 15.8 Å². The normalized spacial score (nSPS) is 24.0. The Morgan fingerprint density at radius 3 is 2.38 bits per heavy atom. The molecule has 2 aliphatic rings. The van der Waals surface area contributed by atoms with Crippen molar-refractivity contribution in [1.29, 1.82) is 0 Å². The molecule has 2 aromatic carbocycles. The molecule has 0 radical (unpaired) electrons. The molecule has 2 fully saturated rings. The Bertz CT molecular complexity index is 1240. The third-order valence-electron chi connectivity index (χ3n) is 6.98. The summed E-state index contributed by atoms with van der Waals surface area (Å²) in [6, 6.07) is 13.4. The summed E-state index contributed by atoms with van der Waals surface area (Å²) >= 11 is 0. The number of sulfonamides is 1. The molecule has 3 atom stereocenters. The molecule has 34 heavy (non-hydrogen) atoms. The van der Waals surface area contributed by atoms with E-state index in [0.29, 0.717) is 13.0 Å². The van der Waals surface area contributed by atoms with Gasteiger partial charge in [0.05, 0.1) is 6.61 Å². The minimum atomic E-state index is -3.97. The Kier molecular flexibility index (Phi) is 6.44. The third kappa shape index (κ3) is 4.13. The van der Waals surface area contributed by atoms with Crippen LogP contribution in [0.5, 0.6) is 0 Å². The Balaban J connectivity index is 1.44. The van der Waals surface area contributed by atoms with Gasteiger partial charge in [0.2, 0.25) is 10.0 Å². The molecule has 0 amide bonds. The number of benzene rings is 2. The van der Waals surface area contributed by atoms with Crippen molar-refractivity contribution in [2.24, 2.45) is 0 Å². The number of halogens is 1. The maximum absolute atomic E-state index is 14.4. The van der Waals surface area contributed by atoms with Crippen molar-refractivity contribution in [3.05, 3.63) is 78.6 Å². The van der Waals surface area contributed by atoms with Gasteiger partial charge >= 0.3 is 0 Å². The molecule has 0 spiro atoms. The van der Waals surface area contributed by atoms with E-state index in [1.165, 1.54) is 28.8 Å². The predicted octanol–water partition coefficient (Wildman–Crippen LogP) is 2.90. The maximum Gasteiger partial charge on any atom is 0.246 e. The first-order valence-electron chi connectivity index (χ1n) is 11.5. The van der Waals surface area contributed by atoms with Crippen LogP contribution in [0, 0.1) is 5.82 Å². The zero-order valence-electron chi connectivity index (χ0n) is 18.7. The number of hydrogen-bond donors (Lipinski definition) is 1. The molecule has 0 bridgehead atoms. The van der Waals surface area contributed by atoms with Gasteiger partial charge in [-0.2, -0.15) is 4.31 Å². The van der Waals surface area contributed by atoms with Gasteiger partial charge in [0.15, 0.2) is 0 Å². The molecule has 0 aliphatic carbocycles. The van der Waals surface area contributed by atoms with Crippen molar-refractivity contribution in [2.75, 3.05) is 26.2 Å². The van der Waals surface area contributed by atoms with Crippen LogP contribution in [0.2, 0.25) is 0 Å². The van der Waals surface area contributed by atoms with Crippen LogP contribution in [0.25, 0.3) is 11.1 Å². The minimum absolute atomic E-state index is 0.00446. The summed E-state index contributed by atoms with van der Waals surface area (Å²) in [7, 11) is -3.97. The first kappa shape index (κ1) is 23.0. The molecule has 3 heterocycles. The van der Waals surface area contributed by atoms with Gasteiger partial charge in [-0.25, -0.2) is 22.8 Å². The van der Waals surface area contributed by atoms with E-state index >= 15 is 0 Å². The van der Waals surface area contributed by atoms with Gasteiger partial charge < -0.3 is 5.11 Å². The lowest BCUT2D eigenvalue weighted by molar-refractivity contribution is -0.0554. The van der Waals surface area contributed by atoms with Gasteiger partial charge in [-0.05, 0) is 42.6 Å². The van der Waals surface area contributed by atoms with Gasteiger partial charge in [-0.1, -0.05) is 36.4 Å². The monoisotopic (exact) mass is 482 g/mol. The van der Waals surface area contributed by atoms with E-state index in [2.05, 4.69) is 14.9 Å². The molecule has 3 aromatic rings. The van der Waals surface area contributed by atoms with Gasteiger partial charge in [-0.15, -0.1) is 0 Å². The molecule has 2 aliphatic heterocycles. The van der Waals surface area contributed by atoms with Crippen molar-refractivity contribution in [3.63, 3.8) is 0 Å². The lowest BCUT2D eigenvalue weighted by Crippen LogP contribution is -2.67. The van der Waals surface area contributed by atoms with Crippen molar-refractivity contribution >= 4 is 10.0 Å². The standard InChI is InChI=1S/C25H27FN4O3S/c26-21-5-1-2-6-24(21)34(32,33)29-11-3-4-12-30-22(15-29)25(23(30)16-31)19-9-7-18(8-10-19)20-13-27-17-28-14-20/h1-2,5-10,13-14,17,22-23,25,31H,3-4,11-12,15-16H2/t22-,23-,25-/m1/s1. The largest absolute Gasteiger partial charge is 0.395 e. The molecule has 7 nitrogen and oxygen atoms in total. The van der Waals surface area contributed by atoms with Crippen LogP contribution in [0.15, 0.2) is 72.1 Å². The molecule has 0 unspecified atom stereocenters. The number of fused-ring (bicyclic) bond motifs is 1. The highest BCUT2D eigenvalue weighted by atomic mass is 32.2. The van der Waals surface area contributed by atoms with Crippen LogP contribution in [0.3, 0.4) is 0 Å². The number of hydrogen-bond acceptors (Lipinski definition) is 6. The molecule has 5 rings (SSSR count). The second-order valence-electron chi connectivity index (χ2n) is 8.83. The first-order valence-corrected chi connectivity index (χ1v) is 12.9. The number of aliphatic hydroxyl groups is 1. The highest BCUT2D eigenvalue weighted by molar-refractivity contribution is 7.89. The highest BCUT2D eigenvalue weighted by Gasteiger charge is 2.50. The summed E-state index contributed by atoms with van der Waals surface area (Å²) in [5, 5.41) is 10.2. The van der Waals surface area contributed by atoms with Gasteiger partial charge in [0.1, 0.15) is 17.0 Å². The molecular weight excluding hydrogens is 455 g/mol. The van der Waals surface area contributed by atoms with Gasteiger partial charge in [0, 0.05) is 49.0 Å². The minimum Gasteiger partial charge on any atom is -0.395 e. The van der Waals surface area contributed by atoms with Crippen LogP contribution in [0.1, 0.15) is 24.3 Å². The number of aromatic nitrogens is 2. The first-order chi connectivity index (χ1) is 16.5. The fraction of sp³-hybridized carbons (Fsp3) is 0.360. The van der Waals surface area contributed by atoms with Crippen LogP contribution < -0.4 is 0 Å².